The lowest BCUT2D eigenvalue weighted by molar-refractivity contribution is 0.437. The molecule has 2 aromatic rings. The highest BCUT2D eigenvalue weighted by Gasteiger charge is 2.12. The number of nitrogens with one attached hydrogen (secondary N) is 1. The zero-order valence-electron chi connectivity index (χ0n) is 13.0. The molecule has 1 aromatic heterocycles. The molecule has 1 aliphatic rings. The number of pyridine rings is 1. The second kappa shape index (κ2) is 7.41. The van der Waals surface area contributed by atoms with E-state index in [2.05, 4.69) is 16.4 Å². The van der Waals surface area contributed by atoms with Gasteiger partial charge in [-0.15, -0.1) is 0 Å². The van der Waals surface area contributed by atoms with Gasteiger partial charge in [-0.05, 0) is 36.6 Å². The van der Waals surface area contributed by atoms with Crippen molar-refractivity contribution in [2.75, 3.05) is 0 Å². The zero-order chi connectivity index (χ0) is 15.2. The van der Waals surface area contributed by atoms with Crippen LogP contribution in [0.2, 0.25) is 0 Å². The van der Waals surface area contributed by atoms with Crippen LogP contribution in [0.5, 0.6) is 5.75 Å². The van der Waals surface area contributed by atoms with Gasteiger partial charge in [-0.1, -0.05) is 37.8 Å². The van der Waals surface area contributed by atoms with Crippen LogP contribution in [0.4, 0.5) is 0 Å². The molecule has 22 heavy (non-hydrogen) atoms. The van der Waals surface area contributed by atoms with Crippen LogP contribution in [0.25, 0.3) is 11.1 Å². The number of rotatable bonds is 4. The maximum atomic E-state index is 10.1. The lowest BCUT2D eigenvalue weighted by Gasteiger charge is -2.17. The molecule has 0 atom stereocenters. The maximum absolute atomic E-state index is 10.1. The van der Waals surface area contributed by atoms with E-state index in [4.69, 9.17) is 0 Å². The van der Waals surface area contributed by atoms with Crippen LogP contribution < -0.4 is 5.32 Å². The third-order valence-electron chi connectivity index (χ3n) is 4.51. The topological polar surface area (TPSA) is 45.2 Å². The summed E-state index contributed by atoms with van der Waals surface area (Å²) < 4.78 is 0. The minimum absolute atomic E-state index is 0.369. The van der Waals surface area contributed by atoms with Crippen molar-refractivity contribution in [3.05, 3.63) is 48.3 Å². The average Bonchev–Trinajstić information content (AvgIpc) is 2.84. The highest BCUT2D eigenvalue weighted by molar-refractivity contribution is 5.64. The van der Waals surface area contributed by atoms with E-state index in [1.54, 1.807) is 12.3 Å². The smallest absolute Gasteiger partial charge is 0.120 e. The Kier molecular flexibility index (Phi) is 5.07. The van der Waals surface area contributed by atoms with E-state index in [9.17, 15) is 5.11 Å². The van der Waals surface area contributed by atoms with Crippen LogP contribution in [-0.4, -0.2) is 16.1 Å². The summed E-state index contributed by atoms with van der Waals surface area (Å²) >= 11 is 0. The summed E-state index contributed by atoms with van der Waals surface area (Å²) in [7, 11) is 0. The van der Waals surface area contributed by atoms with E-state index in [1.165, 1.54) is 38.5 Å². The van der Waals surface area contributed by atoms with Crippen molar-refractivity contribution in [2.45, 2.75) is 51.1 Å². The first-order valence-corrected chi connectivity index (χ1v) is 8.28. The van der Waals surface area contributed by atoms with Crippen molar-refractivity contribution in [1.29, 1.82) is 0 Å². The summed E-state index contributed by atoms with van der Waals surface area (Å²) in [6, 6.07) is 10.4. The molecule has 3 nitrogen and oxygen atoms in total. The monoisotopic (exact) mass is 296 g/mol. The van der Waals surface area contributed by atoms with Gasteiger partial charge < -0.3 is 10.4 Å². The van der Waals surface area contributed by atoms with Gasteiger partial charge in [-0.2, -0.15) is 0 Å². The Morgan fingerprint density at radius 3 is 2.59 bits per heavy atom. The molecule has 1 heterocycles. The Hall–Kier alpha value is -1.87. The first kappa shape index (κ1) is 15.0. The molecule has 3 rings (SSSR count). The van der Waals surface area contributed by atoms with Gasteiger partial charge in [-0.3, -0.25) is 4.98 Å². The fourth-order valence-electron chi connectivity index (χ4n) is 3.18. The molecule has 1 saturated carbocycles. The molecule has 0 bridgehead atoms. The lowest BCUT2D eigenvalue weighted by Crippen LogP contribution is -2.27. The molecule has 3 heteroatoms. The Labute approximate surface area is 132 Å². The first-order valence-electron chi connectivity index (χ1n) is 8.28. The van der Waals surface area contributed by atoms with E-state index in [0.29, 0.717) is 11.8 Å². The maximum Gasteiger partial charge on any atom is 0.120 e. The molecule has 1 aliphatic carbocycles. The van der Waals surface area contributed by atoms with Gasteiger partial charge in [-0.25, -0.2) is 0 Å². The summed E-state index contributed by atoms with van der Waals surface area (Å²) in [6.07, 6.45) is 11.5. The van der Waals surface area contributed by atoms with Gasteiger partial charge in [0.2, 0.25) is 0 Å². The largest absolute Gasteiger partial charge is 0.508 e. The first-order chi connectivity index (χ1) is 10.8. The summed E-state index contributed by atoms with van der Waals surface area (Å²) in [5.41, 5.74) is 3.15. The Bertz CT molecular complexity index is 590. The van der Waals surface area contributed by atoms with Gasteiger partial charge in [0.25, 0.3) is 0 Å². The average molecular weight is 296 g/mol. The lowest BCUT2D eigenvalue weighted by atomic mass is 10.0. The number of aromatic hydroxyl groups is 1. The minimum atomic E-state index is 0.369. The molecule has 1 fully saturated rings. The predicted molar refractivity (Wildman–Crippen MR) is 89.7 cm³/mol. The SMILES string of the molecule is Oc1ccc(-c2cccnc2)cc1CNC1CCCCCC1. The van der Waals surface area contributed by atoms with Crippen LogP contribution in [0.3, 0.4) is 0 Å². The van der Waals surface area contributed by atoms with E-state index < -0.39 is 0 Å². The fourth-order valence-corrected chi connectivity index (χ4v) is 3.18. The highest BCUT2D eigenvalue weighted by atomic mass is 16.3. The zero-order valence-corrected chi connectivity index (χ0v) is 13.0. The molecule has 0 unspecified atom stereocenters. The van der Waals surface area contributed by atoms with Crippen molar-refractivity contribution < 1.29 is 5.11 Å². The number of hydrogen-bond acceptors (Lipinski definition) is 3. The molecule has 2 N–H and O–H groups in total. The molecule has 0 aliphatic heterocycles. The number of phenols is 1. The molecule has 116 valence electrons. The van der Waals surface area contributed by atoms with E-state index >= 15 is 0 Å². The summed E-state index contributed by atoms with van der Waals surface area (Å²) in [5, 5.41) is 13.7. The summed E-state index contributed by atoms with van der Waals surface area (Å²) in [6.45, 7) is 0.727. The van der Waals surface area contributed by atoms with Gasteiger partial charge >= 0.3 is 0 Å². The minimum Gasteiger partial charge on any atom is -0.508 e. The van der Waals surface area contributed by atoms with Gasteiger partial charge in [0.1, 0.15) is 5.75 Å². The highest BCUT2D eigenvalue weighted by Crippen LogP contribution is 2.26. The number of hydrogen-bond donors (Lipinski definition) is 2. The Balaban J connectivity index is 1.70. The van der Waals surface area contributed by atoms with Crippen molar-refractivity contribution in [3.63, 3.8) is 0 Å². The van der Waals surface area contributed by atoms with Gasteiger partial charge in [0, 0.05) is 36.1 Å². The van der Waals surface area contributed by atoms with Crippen molar-refractivity contribution in [3.8, 4) is 16.9 Å². The quantitative estimate of drug-likeness (QED) is 0.828. The van der Waals surface area contributed by atoms with Gasteiger partial charge in [0.05, 0.1) is 0 Å². The molecule has 1 aromatic carbocycles. The van der Waals surface area contributed by atoms with Crippen LogP contribution in [0.1, 0.15) is 44.1 Å². The Morgan fingerprint density at radius 1 is 1.05 bits per heavy atom. The molecule has 0 spiro atoms. The van der Waals surface area contributed by atoms with Crippen molar-refractivity contribution in [2.24, 2.45) is 0 Å². The predicted octanol–water partition coefficient (Wildman–Crippen LogP) is 4.27. The van der Waals surface area contributed by atoms with Gasteiger partial charge in [0.15, 0.2) is 0 Å². The second-order valence-corrected chi connectivity index (χ2v) is 6.15. The normalized spacial score (nSPS) is 16.4. The summed E-state index contributed by atoms with van der Waals surface area (Å²) in [4.78, 5) is 4.16. The number of phenolic OH excluding ortho intramolecular Hbond substituents is 1. The molecule has 0 radical (unpaired) electrons. The van der Waals surface area contributed by atoms with Crippen LogP contribution >= 0.6 is 0 Å². The number of aromatic nitrogens is 1. The number of benzene rings is 1. The standard InChI is InChI=1S/C19H24N2O/c22-19-10-9-15(16-6-5-11-20-13-16)12-17(19)14-21-18-7-3-1-2-4-8-18/h5-6,9-13,18,21-22H,1-4,7-8,14H2. The van der Waals surface area contributed by atoms with Crippen molar-refractivity contribution >= 4 is 0 Å². The van der Waals surface area contributed by atoms with E-state index in [0.717, 1.165) is 23.2 Å². The van der Waals surface area contributed by atoms with Crippen LogP contribution in [0.15, 0.2) is 42.7 Å². The second-order valence-electron chi connectivity index (χ2n) is 6.15. The third-order valence-corrected chi connectivity index (χ3v) is 4.51. The Morgan fingerprint density at radius 2 is 1.86 bits per heavy atom. The van der Waals surface area contributed by atoms with E-state index in [1.807, 2.05) is 24.4 Å². The molecule has 0 amide bonds. The van der Waals surface area contributed by atoms with Crippen molar-refractivity contribution in [1.82, 2.24) is 10.3 Å². The number of nitrogens with zero attached hydrogens (tertiary/aromatic N) is 1. The molecular weight excluding hydrogens is 272 g/mol. The summed E-state index contributed by atoms with van der Waals surface area (Å²) in [5.74, 6) is 0.369. The molecular formula is C19H24N2O. The third kappa shape index (κ3) is 3.86. The van der Waals surface area contributed by atoms with E-state index in [-0.39, 0.29) is 0 Å². The fraction of sp³-hybridized carbons (Fsp3) is 0.421. The van der Waals surface area contributed by atoms with Crippen LogP contribution in [0, 0.1) is 0 Å². The molecule has 0 saturated heterocycles. The van der Waals surface area contributed by atoms with Crippen LogP contribution in [-0.2, 0) is 6.54 Å².